The van der Waals surface area contributed by atoms with E-state index in [1.165, 1.54) is 17.0 Å². The third-order valence-electron chi connectivity index (χ3n) is 7.65. The molecule has 0 saturated heterocycles. The van der Waals surface area contributed by atoms with E-state index in [2.05, 4.69) is 5.32 Å². The van der Waals surface area contributed by atoms with Crippen LogP contribution >= 0.6 is 0 Å². The fourth-order valence-corrected chi connectivity index (χ4v) is 6.62. The van der Waals surface area contributed by atoms with Crippen LogP contribution in [0.25, 0.3) is 0 Å². The van der Waals surface area contributed by atoms with Crippen molar-refractivity contribution in [3.8, 4) is 5.75 Å². The molecule has 0 fully saturated rings. The minimum absolute atomic E-state index is 0.0763. The van der Waals surface area contributed by atoms with Crippen LogP contribution in [0, 0.1) is 12.7 Å². The molecule has 0 unspecified atom stereocenters. The molecule has 10 heteroatoms. The van der Waals surface area contributed by atoms with Gasteiger partial charge in [-0.05, 0) is 79.9 Å². The lowest BCUT2D eigenvalue weighted by Gasteiger charge is -2.34. The molecule has 248 valence electrons. The summed E-state index contributed by atoms with van der Waals surface area (Å²) < 4.78 is 48.6. The molecule has 4 aromatic rings. The van der Waals surface area contributed by atoms with Gasteiger partial charge in [0.1, 0.15) is 24.2 Å². The summed E-state index contributed by atoms with van der Waals surface area (Å²) in [5, 5.41) is 2.99. The third-order valence-corrected chi connectivity index (χ3v) is 9.44. The SMILES string of the molecule is CCCCNC(=O)[C@H](Cc1ccccc1)N(Cc1cccc(C)c1)C(=O)CN(c1ccc(OCC)cc1)S(=O)(=O)c1ccc(F)cc1. The summed E-state index contributed by atoms with van der Waals surface area (Å²) >= 11 is 0. The Morgan fingerprint density at radius 2 is 1.55 bits per heavy atom. The van der Waals surface area contributed by atoms with Crippen molar-refractivity contribution in [2.75, 3.05) is 24.0 Å². The molecule has 4 aromatic carbocycles. The number of benzene rings is 4. The number of carbonyl (C=O) groups is 2. The average Bonchev–Trinajstić information content (AvgIpc) is 3.06. The number of amides is 2. The molecule has 1 N–H and O–H groups in total. The van der Waals surface area contributed by atoms with Crippen molar-refractivity contribution < 1.29 is 27.1 Å². The van der Waals surface area contributed by atoms with Gasteiger partial charge in [0.2, 0.25) is 11.8 Å². The summed E-state index contributed by atoms with van der Waals surface area (Å²) in [4.78, 5) is 29.7. The normalized spacial score (nSPS) is 11.8. The van der Waals surface area contributed by atoms with Gasteiger partial charge < -0.3 is 15.0 Å². The zero-order chi connectivity index (χ0) is 33.8. The Hall–Kier alpha value is -4.70. The number of halogens is 1. The Morgan fingerprint density at radius 3 is 2.19 bits per heavy atom. The molecule has 47 heavy (non-hydrogen) atoms. The van der Waals surface area contributed by atoms with Gasteiger partial charge in [0.15, 0.2) is 0 Å². The second kappa shape index (κ2) is 16.7. The average molecular weight is 660 g/mol. The van der Waals surface area contributed by atoms with Crippen molar-refractivity contribution >= 4 is 27.5 Å². The number of sulfonamides is 1. The maximum absolute atomic E-state index is 14.5. The van der Waals surface area contributed by atoms with Gasteiger partial charge in [-0.15, -0.1) is 0 Å². The fourth-order valence-electron chi connectivity index (χ4n) is 5.21. The summed E-state index contributed by atoms with van der Waals surface area (Å²) in [5.41, 5.74) is 2.85. The van der Waals surface area contributed by atoms with Gasteiger partial charge in [0.25, 0.3) is 10.0 Å². The van der Waals surface area contributed by atoms with Crippen LogP contribution in [0.15, 0.2) is 108 Å². The Balaban J connectivity index is 1.79. The van der Waals surface area contributed by atoms with Crippen LogP contribution in [0.3, 0.4) is 0 Å². The van der Waals surface area contributed by atoms with E-state index < -0.39 is 34.3 Å². The van der Waals surface area contributed by atoms with Gasteiger partial charge in [0.05, 0.1) is 17.2 Å². The van der Waals surface area contributed by atoms with Gasteiger partial charge in [-0.1, -0.05) is 73.5 Å². The maximum Gasteiger partial charge on any atom is 0.264 e. The van der Waals surface area contributed by atoms with E-state index in [9.17, 15) is 22.4 Å². The predicted octanol–water partition coefficient (Wildman–Crippen LogP) is 6.28. The van der Waals surface area contributed by atoms with Crippen molar-refractivity contribution in [3.63, 3.8) is 0 Å². The first-order valence-corrected chi connectivity index (χ1v) is 17.2. The van der Waals surface area contributed by atoms with Crippen LogP contribution in [0.4, 0.5) is 10.1 Å². The lowest BCUT2D eigenvalue weighted by atomic mass is 10.0. The second-order valence-corrected chi connectivity index (χ2v) is 13.1. The summed E-state index contributed by atoms with van der Waals surface area (Å²) in [6.45, 7) is 6.15. The topological polar surface area (TPSA) is 96.0 Å². The first kappa shape index (κ1) is 35.2. The van der Waals surface area contributed by atoms with E-state index in [1.54, 1.807) is 24.3 Å². The molecule has 0 radical (unpaired) electrons. The minimum Gasteiger partial charge on any atom is -0.494 e. The Bertz CT molecular complexity index is 1720. The molecule has 0 aliphatic carbocycles. The lowest BCUT2D eigenvalue weighted by molar-refractivity contribution is -0.140. The molecule has 2 amide bonds. The van der Waals surface area contributed by atoms with Gasteiger partial charge in [-0.3, -0.25) is 13.9 Å². The van der Waals surface area contributed by atoms with E-state index >= 15 is 0 Å². The first-order valence-electron chi connectivity index (χ1n) is 15.8. The van der Waals surface area contributed by atoms with Gasteiger partial charge in [-0.25, -0.2) is 12.8 Å². The highest BCUT2D eigenvalue weighted by Crippen LogP contribution is 2.27. The van der Waals surface area contributed by atoms with Crippen molar-refractivity contribution in [3.05, 3.63) is 126 Å². The van der Waals surface area contributed by atoms with Gasteiger partial charge in [-0.2, -0.15) is 0 Å². The van der Waals surface area contributed by atoms with Crippen LogP contribution in [0.5, 0.6) is 5.75 Å². The Labute approximate surface area is 277 Å². The smallest absolute Gasteiger partial charge is 0.264 e. The largest absolute Gasteiger partial charge is 0.494 e. The van der Waals surface area contributed by atoms with E-state index in [4.69, 9.17) is 4.74 Å². The highest BCUT2D eigenvalue weighted by Gasteiger charge is 2.34. The van der Waals surface area contributed by atoms with E-state index in [0.29, 0.717) is 18.9 Å². The highest BCUT2D eigenvalue weighted by molar-refractivity contribution is 7.92. The number of carbonyl (C=O) groups excluding carboxylic acids is 2. The van der Waals surface area contributed by atoms with Crippen molar-refractivity contribution in [2.24, 2.45) is 0 Å². The molecule has 4 rings (SSSR count). The van der Waals surface area contributed by atoms with Crippen LogP contribution in [0.1, 0.15) is 43.4 Å². The summed E-state index contributed by atoms with van der Waals surface area (Å²) in [5.74, 6) is -0.945. The molecule has 1 atom stereocenters. The number of anilines is 1. The second-order valence-electron chi connectivity index (χ2n) is 11.3. The zero-order valence-electron chi connectivity index (χ0n) is 27.1. The number of nitrogens with zero attached hydrogens (tertiary/aromatic N) is 2. The predicted molar refractivity (Wildman–Crippen MR) is 182 cm³/mol. The number of ether oxygens (including phenoxy) is 1. The number of hydrogen-bond acceptors (Lipinski definition) is 5. The number of unbranched alkanes of at least 4 members (excludes halogenated alkanes) is 1. The fraction of sp³-hybridized carbons (Fsp3) is 0.297. The van der Waals surface area contributed by atoms with E-state index in [0.717, 1.165) is 46.0 Å². The summed E-state index contributed by atoms with van der Waals surface area (Å²) in [6.07, 6.45) is 1.88. The molecule has 0 aliphatic rings. The quantitative estimate of drug-likeness (QED) is 0.143. The molecular weight excluding hydrogens is 617 g/mol. The minimum atomic E-state index is -4.35. The molecule has 0 aliphatic heterocycles. The molecule has 0 spiro atoms. The number of hydrogen-bond donors (Lipinski definition) is 1. The first-order chi connectivity index (χ1) is 22.6. The monoisotopic (exact) mass is 659 g/mol. The van der Waals surface area contributed by atoms with Crippen LogP contribution in [-0.2, 0) is 32.6 Å². The van der Waals surface area contributed by atoms with Crippen LogP contribution in [-0.4, -0.2) is 50.9 Å². The van der Waals surface area contributed by atoms with Crippen LogP contribution in [0.2, 0.25) is 0 Å². The zero-order valence-corrected chi connectivity index (χ0v) is 27.9. The maximum atomic E-state index is 14.5. The molecule has 8 nitrogen and oxygen atoms in total. The van der Waals surface area contributed by atoms with Crippen molar-refractivity contribution in [2.45, 2.75) is 57.5 Å². The van der Waals surface area contributed by atoms with Gasteiger partial charge >= 0.3 is 0 Å². The van der Waals surface area contributed by atoms with Gasteiger partial charge in [0, 0.05) is 19.5 Å². The number of nitrogens with one attached hydrogen (secondary N) is 1. The Morgan fingerprint density at radius 1 is 0.872 bits per heavy atom. The highest BCUT2D eigenvalue weighted by atomic mass is 32.2. The molecular formula is C37H42FN3O5S. The van der Waals surface area contributed by atoms with Crippen LogP contribution < -0.4 is 14.4 Å². The Kier molecular flexibility index (Phi) is 12.5. The number of aryl methyl sites for hydroxylation is 1. The van der Waals surface area contributed by atoms with E-state index in [-0.39, 0.29) is 29.5 Å². The summed E-state index contributed by atoms with van der Waals surface area (Å²) in [7, 11) is -4.35. The van der Waals surface area contributed by atoms with Crippen molar-refractivity contribution in [1.29, 1.82) is 0 Å². The number of rotatable bonds is 16. The standard InChI is InChI=1S/C37H42FN3O5S/c1-4-6-23-39-37(43)35(25-29-12-8-7-9-13-29)40(26-30-14-10-11-28(3)24-30)36(42)27-41(32-17-19-33(20-18-32)46-5-2)47(44,45)34-21-15-31(38)16-22-34/h7-22,24,35H,4-6,23,25-27H2,1-3H3,(H,39,43)/t35-/m0/s1. The molecule has 0 bridgehead atoms. The molecule has 0 aromatic heterocycles. The lowest BCUT2D eigenvalue weighted by Crippen LogP contribution is -2.53. The van der Waals surface area contributed by atoms with E-state index in [1.807, 2.05) is 75.4 Å². The third kappa shape index (κ3) is 9.65. The molecule has 0 heterocycles. The van der Waals surface area contributed by atoms with Crippen molar-refractivity contribution in [1.82, 2.24) is 10.2 Å². The summed E-state index contributed by atoms with van der Waals surface area (Å²) in [6, 6.07) is 26.9. The molecule has 0 saturated carbocycles.